The van der Waals surface area contributed by atoms with Crippen LogP contribution in [0.5, 0.6) is 5.75 Å². The molecule has 6 rings (SSSR count). The van der Waals surface area contributed by atoms with E-state index in [-0.39, 0.29) is 62.7 Å². The van der Waals surface area contributed by atoms with Gasteiger partial charge in [-0.15, -0.1) is 18.9 Å². The topological polar surface area (TPSA) is 362 Å². The minimum atomic E-state index is -4.99. The summed E-state index contributed by atoms with van der Waals surface area (Å²) >= 11 is 1.50. The molecular weight excluding hydrogens is 955 g/mol. The number of hydrogen-bond donors (Lipinski definition) is 8. The molecule has 1 fully saturated rings. The Morgan fingerprint density at radius 1 is 0.859 bits per heavy atom. The standard InChI is InChI=1S/C33H31N9O17S5/c1-17(43)34-24-15-22(63(48,49)50)11-18-12-25(62-59-57-47)29(30(45)28(18)24)41-40-23-14-20(5-6-26(23)64(51,52)53)36-32-37-31(38-33(39-32)42-7-9-54-10-8-42)35-19-3-2-4-21(13-19)61-55-27(44)16-60-58-56-46/h2-6,11-15,45-47H,7-10,16H2,1H3,(H,34,43)(H,48,49,50)(H,51,52,53)(H2,35,36,37,38,39). The average Bonchev–Trinajstić information content (AvgIpc) is 3.24. The minimum Gasteiger partial charge on any atom is -0.505 e. The van der Waals surface area contributed by atoms with Crippen LogP contribution >= 0.6 is 36.1 Å². The van der Waals surface area contributed by atoms with Gasteiger partial charge in [-0.1, -0.05) is 16.1 Å². The highest BCUT2D eigenvalue weighted by atomic mass is 32.2. The Bertz CT molecular complexity index is 2800. The molecule has 0 saturated carbocycles. The molecule has 64 heavy (non-hydrogen) atoms. The van der Waals surface area contributed by atoms with E-state index in [0.29, 0.717) is 48.9 Å². The number of rotatable bonds is 19. The van der Waals surface area contributed by atoms with Crippen molar-refractivity contribution in [1.82, 2.24) is 15.0 Å². The van der Waals surface area contributed by atoms with E-state index in [0.717, 1.165) is 49.3 Å². The number of ether oxygens (including phenoxy) is 1. The summed E-state index contributed by atoms with van der Waals surface area (Å²) in [6, 6.07) is 13.0. The van der Waals surface area contributed by atoms with Gasteiger partial charge in [-0.05, 0) is 60.0 Å². The first kappa shape index (κ1) is 47.9. The zero-order chi connectivity index (χ0) is 46.0. The van der Waals surface area contributed by atoms with Crippen molar-refractivity contribution in [2.45, 2.75) is 26.5 Å². The molecule has 1 aromatic heterocycles. The van der Waals surface area contributed by atoms with Crippen molar-refractivity contribution >= 4 is 125 Å². The Labute approximate surface area is 373 Å². The summed E-state index contributed by atoms with van der Waals surface area (Å²) in [6.45, 7) is 2.70. The molecular formula is C33H31N9O17S5. The number of azo groups is 1. The Hall–Kier alpha value is -5.52. The molecule has 0 bridgehead atoms. The summed E-state index contributed by atoms with van der Waals surface area (Å²) in [4.78, 5) is 38.2. The SMILES string of the molecule is CC(=O)Nc1cc(S(=O)(=O)O)cc2cc(SOOO)c(N=Nc3cc(Nc4nc(Nc5cccc(SOC(=O)CSOOO)c5)nc(N5CCOCC5)n4)ccc3S(=O)(=O)O)c(O)c12. The predicted molar refractivity (Wildman–Crippen MR) is 226 cm³/mol. The molecule has 1 saturated heterocycles. The van der Waals surface area contributed by atoms with Crippen molar-refractivity contribution in [3.8, 4) is 5.75 Å². The van der Waals surface area contributed by atoms with E-state index in [9.17, 15) is 40.6 Å². The second-order valence-corrected chi connectivity index (χ2v) is 17.5. The summed E-state index contributed by atoms with van der Waals surface area (Å²) in [7, 11) is -9.84. The molecule has 0 unspecified atom stereocenters. The number of phenols is 1. The maximum Gasteiger partial charge on any atom is 0.330 e. The normalized spacial score (nSPS) is 13.3. The third kappa shape index (κ3) is 12.8. The van der Waals surface area contributed by atoms with Gasteiger partial charge in [0.15, 0.2) is 5.75 Å². The molecule has 1 aliphatic heterocycles. The molecule has 31 heteroatoms. The van der Waals surface area contributed by atoms with Crippen molar-refractivity contribution in [3.05, 3.63) is 60.7 Å². The number of fused-ring (bicyclic) bond motifs is 1. The number of anilines is 6. The average molecular weight is 986 g/mol. The number of morpholine rings is 1. The number of nitrogens with one attached hydrogen (secondary N) is 3. The van der Waals surface area contributed by atoms with Gasteiger partial charge in [0.2, 0.25) is 23.8 Å². The second kappa shape index (κ2) is 21.4. The summed E-state index contributed by atoms with van der Waals surface area (Å²) in [5, 5.41) is 51.7. The highest BCUT2D eigenvalue weighted by molar-refractivity contribution is 7.96. The van der Waals surface area contributed by atoms with Crippen LogP contribution in [-0.2, 0) is 57.5 Å². The number of carbonyl (C=O) groups excluding carboxylic acids is 2. The molecule has 26 nitrogen and oxygen atoms in total. The quantitative estimate of drug-likeness (QED) is 0.0118. The molecule has 0 atom stereocenters. The van der Waals surface area contributed by atoms with E-state index in [4.69, 9.17) is 19.4 Å². The van der Waals surface area contributed by atoms with Crippen LogP contribution in [-0.4, -0.2) is 100 Å². The second-order valence-electron chi connectivity index (χ2n) is 12.5. The van der Waals surface area contributed by atoms with E-state index >= 15 is 0 Å². The fraction of sp³-hybridized carbons (Fsp3) is 0.182. The fourth-order valence-electron chi connectivity index (χ4n) is 5.58. The first-order valence-corrected chi connectivity index (χ1v) is 22.8. The molecule has 8 N–H and O–H groups in total. The van der Waals surface area contributed by atoms with Gasteiger partial charge in [0.25, 0.3) is 20.2 Å². The highest BCUT2D eigenvalue weighted by Crippen LogP contribution is 2.47. The number of phenolic OH excluding ortho intramolecular Hbond substituents is 1. The van der Waals surface area contributed by atoms with Gasteiger partial charge in [0.05, 0.1) is 57.7 Å². The van der Waals surface area contributed by atoms with Crippen molar-refractivity contribution in [2.24, 2.45) is 10.2 Å². The van der Waals surface area contributed by atoms with Crippen LogP contribution in [0.15, 0.2) is 90.5 Å². The summed E-state index contributed by atoms with van der Waals surface area (Å²) in [5.74, 6) is -2.24. The number of nitrogens with zero attached hydrogens (tertiary/aromatic N) is 6. The number of carbonyl (C=O) groups is 2. The highest BCUT2D eigenvalue weighted by Gasteiger charge is 2.24. The van der Waals surface area contributed by atoms with Gasteiger partial charge < -0.3 is 34.9 Å². The summed E-state index contributed by atoms with van der Waals surface area (Å²) < 4.78 is 88.3. The zero-order valence-corrected chi connectivity index (χ0v) is 36.3. The molecule has 0 spiro atoms. The third-order valence-electron chi connectivity index (χ3n) is 8.13. The molecule has 1 aliphatic rings. The van der Waals surface area contributed by atoms with E-state index in [1.54, 1.807) is 24.3 Å². The van der Waals surface area contributed by atoms with Crippen LogP contribution in [0.4, 0.5) is 46.3 Å². The molecule has 0 radical (unpaired) electrons. The molecule has 1 amide bonds. The summed E-state index contributed by atoms with van der Waals surface area (Å²) in [5.41, 5.74) is -0.729. The zero-order valence-electron chi connectivity index (χ0n) is 32.2. The first-order chi connectivity index (χ1) is 30.5. The Morgan fingerprint density at radius 2 is 1.56 bits per heavy atom. The van der Waals surface area contributed by atoms with Gasteiger partial charge >= 0.3 is 5.97 Å². The van der Waals surface area contributed by atoms with Gasteiger partial charge in [0, 0.05) is 48.8 Å². The minimum absolute atomic E-state index is 0.0402. The predicted octanol–water partition coefficient (Wildman–Crippen LogP) is 5.97. The first-order valence-electron chi connectivity index (χ1n) is 17.5. The number of aromatic hydroxyl groups is 1. The number of aromatic nitrogens is 3. The van der Waals surface area contributed by atoms with Gasteiger partial charge in [0.1, 0.15) is 22.0 Å². The van der Waals surface area contributed by atoms with Gasteiger partial charge in [-0.3, -0.25) is 18.7 Å². The summed E-state index contributed by atoms with van der Waals surface area (Å²) in [6.07, 6.45) is 0. The van der Waals surface area contributed by atoms with Crippen LogP contribution in [0, 0.1) is 0 Å². The van der Waals surface area contributed by atoms with Crippen LogP contribution in [0.25, 0.3) is 10.8 Å². The van der Waals surface area contributed by atoms with Gasteiger partial charge in [-0.25, -0.2) is 10.5 Å². The maximum absolute atomic E-state index is 12.5. The molecule has 0 aliphatic carbocycles. The van der Waals surface area contributed by atoms with Crippen molar-refractivity contribution in [2.75, 3.05) is 52.9 Å². The maximum atomic E-state index is 12.5. The van der Waals surface area contributed by atoms with Crippen molar-refractivity contribution in [1.29, 1.82) is 0 Å². The van der Waals surface area contributed by atoms with Crippen LogP contribution < -0.4 is 20.9 Å². The molecule has 5 aromatic rings. The van der Waals surface area contributed by atoms with E-state index in [1.165, 1.54) is 6.07 Å². The van der Waals surface area contributed by atoms with E-state index in [2.05, 4.69) is 59.9 Å². The van der Waals surface area contributed by atoms with Crippen LogP contribution in [0.2, 0.25) is 0 Å². The Kier molecular flexibility index (Phi) is 16.1. The fourth-order valence-corrected chi connectivity index (χ4v) is 8.10. The smallest absolute Gasteiger partial charge is 0.330 e. The molecule has 2 heterocycles. The lowest BCUT2D eigenvalue weighted by atomic mass is 10.1. The Balaban J connectivity index is 1.36. The van der Waals surface area contributed by atoms with Gasteiger partial charge in [-0.2, -0.15) is 31.8 Å². The number of amides is 1. The van der Waals surface area contributed by atoms with E-state index in [1.807, 2.05) is 4.90 Å². The van der Waals surface area contributed by atoms with Crippen LogP contribution in [0.3, 0.4) is 0 Å². The largest absolute Gasteiger partial charge is 0.505 e. The molecule has 340 valence electrons. The monoisotopic (exact) mass is 985 g/mol. The lowest BCUT2D eigenvalue weighted by molar-refractivity contribution is -0.432. The van der Waals surface area contributed by atoms with Crippen molar-refractivity contribution < 1.29 is 78.8 Å². The third-order valence-corrected chi connectivity index (χ3v) is 11.7. The molecule has 4 aromatic carbocycles. The lowest BCUT2D eigenvalue weighted by Gasteiger charge is -2.27. The van der Waals surface area contributed by atoms with E-state index < -0.39 is 59.0 Å². The van der Waals surface area contributed by atoms with Crippen LogP contribution in [0.1, 0.15) is 6.92 Å². The lowest BCUT2D eigenvalue weighted by Crippen LogP contribution is -2.37. The Morgan fingerprint density at radius 3 is 2.22 bits per heavy atom. The number of benzene rings is 4. The van der Waals surface area contributed by atoms with Crippen molar-refractivity contribution in [3.63, 3.8) is 0 Å². The number of hydrogen-bond acceptors (Lipinski definition) is 26.